The van der Waals surface area contributed by atoms with Crippen LogP contribution in [0.3, 0.4) is 0 Å². The van der Waals surface area contributed by atoms with Crippen LogP contribution in [0.4, 0.5) is 11.4 Å². The van der Waals surface area contributed by atoms with E-state index >= 15 is 0 Å². The van der Waals surface area contributed by atoms with E-state index in [0.29, 0.717) is 6.54 Å². The first-order valence-corrected chi connectivity index (χ1v) is 8.51. The molecule has 0 saturated heterocycles. The van der Waals surface area contributed by atoms with Crippen LogP contribution in [-0.2, 0) is 10.2 Å². The fraction of sp³-hybridized carbons (Fsp3) is 0.381. The van der Waals surface area contributed by atoms with Crippen LogP contribution in [0.15, 0.2) is 48.5 Å². The maximum Gasteiger partial charge on any atom is 0.243 e. The first kappa shape index (κ1) is 18.1. The highest BCUT2D eigenvalue weighted by Gasteiger charge is 2.14. The number of hydrogen-bond acceptors (Lipinski definition) is 2. The molecule has 0 fully saturated rings. The van der Waals surface area contributed by atoms with Crippen LogP contribution in [0.25, 0.3) is 0 Å². The molecule has 3 nitrogen and oxygen atoms in total. The summed E-state index contributed by atoms with van der Waals surface area (Å²) in [5.41, 5.74) is 4.50. The molecule has 0 aliphatic rings. The monoisotopic (exact) mass is 324 g/mol. The van der Waals surface area contributed by atoms with Gasteiger partial charge in [0.2, 0.25) is 5.91 Å². The lowest BCUT2D eigenvalue weighted by Crippen LogP contribution is -2.33. The molecule has 0 heterocycles. The average molecular weight is 324 g/mol. The largest absolute Gasteiger partial charge is 0.362 e. The molecule has 0 bridgehead atoms. The van der Waals surface area contributed by atoms with Crippen LogP contribution in [-0.4, -0.2) is 19.0 Å². The topological polar surface area (TPSA) is 32.3 Å². The van der Waals surface area contributed by atoms with Crippen molar-refractivity contribution in [3.63, 3.8) is 0 Å². The fourth-order valence-electron chi connectivity index (χ4n) is 2.64. The summed E-state index contributed by atoms with van der Waals surface area (Å²) in [7, 11) is 0. The Hall–Kier alpha value is -2.29. The van der Waals surface area contributed by atoms with Crippen molar-refractivity contribution in [2.24, 2.45) is 0 Å². The number of carbonyl (C=O) groups is 1. The first-order valence-electron chi connectivity index (χ1n) is 8.51. The van der Waals surface area contributed by atoms with E-state index in [1.54, 1.807) is 0 Å². The zero-order chi connectivity index (χ0) is 17.7. The van der Waals surface area contributed by atoms with Gasteiger partial charge in [0.05, 0.1) is 6.54 Å². The van der Waals surface area contributed by atoms with E-state index < -0.39 is 0 Å². The molecule has 1 amide bonds. The van der Waals surface area contributed by atoms with Crippen molar-refractivity contribution >= 4 is 17.3 Å². The Balaban J connectivity index is 2.01. The fourth-order valence-corrected chi connectivity index (χ4v) is 2.64. The van der Waals surface area contributed by atoms with Crippen LogP contribution in [0, 0.1) is 6.92 Å². The summed E-state index contributed by atoms with van der Waals surface area (Å²) in [5, 5.41) is 2.99. The summed E-state index contributed by atoms with van der Waals surface area (Å²) in [4.78, 5) is 14.4. The van der Waals surface area contributed by atoms with Gasteiger partial charge in [0.1, 0.15) is 0 Å². The molecular weight excluding hydrogens is 296 g/mol. The lowest BCUT2D eigenvalue weighted by Gasteiger charge is -2.23. The van der Waals surface area contributed by atoms with Crippen LogP contribution in [0.1, 0.15) is 38.8 Å². The van der Waals surface area contributed by atoms with Crippen molar-refractivity contribution in [2.45, 2.75) is 40.0 Å². The molecule has 0 aromatic heterocycles. The number of amides is 1. The maximum absolute atomic E-state index is 12.4. The molecule has 2 aromatic rings. The van der Waals surface area contributed by atoms with Gasteiger partial charge < -0.3 is 10.2 Å². The number of anilines is 2. The molecular formula is C21H28N2O. The van der Waals surface area contributed by atoms with E-state index in [2.05, 4.69) is 69.1 Å². The minimum absolute atomic E-state index is 0.00173. The summed E-state index contributed by atoms with van der Waals surface area (Å²) in [6.07, 6.45) is 0. The Kier molecular flexibility index (Phi) is 5.66. The molecule has 0 saturated carbocycles. The van der Waals surface area contributed by atoms with Crippen LogP contribution < -0.4 is 10.2 Å². The smallest absolute Gasteiger partial charge is 0.243 e. The quantitative estimate of drug-likeness (QED) is 0.860. The standard InChI is InChI=1S/C21H28N2O/c1-6-23(19-9-7-8-16(2)14-19)15-20(24)22-18-12-10-17(11-13-18)21(3,4)5/h7-14H,6,15H2,1-5H3,(H,22,24). The van der Waals surface area contributed by atoms with Crippen molar-refractivity contribution in [3.8, 4) is 0 Å². The Morgan fingerprint density at radius 1 is 1.08 bits per heavy atom. The molecule has 0 aliphatic heterocycles. The van der Waals surface area contributed by atoms with E-state index in [0.717, 1.165) is 17.9 Å². The molecule has 0 atom stereocenters. The van der Waals surface area contributed by atoms with Gasteiger partial charge >= 0.3 is 0 Å². The summed E-state index contributed by atoms with van der Waals surface area (Å²) in [5.74, 6) is 0.00173. The number of hydrogen-bond donors (Lipinski definition) is 1. The molecule has 128 valence electrons. The van der Waals surface area contributed by atoms with E-state index in [4.69, 9.17) is 0 Å². The van der Waals surface area contributed by atoms with Crippen LogP contribution >= 0.6 is 0 Å². The van der Waals surface area contributed by atoms with Gasteiger partial charge in [0.15, 0.2) is 0 Å². The van der Waals surface area contributed by atoms with Gasteiger partial charge in [-0.25, -0.2) is 0 Å². The second kappa shape index (κ2) is 7.52. The molecule has 0 radical (unpaired) electrons. The molecule has 2 aromatic carbocycles. The number of likely N-dealkylation sites (N-methyl/N-ethyl adjacent to an activating group) is 1. The molecule has 1 N–H and O–H groups in total. The van der Waals surface area contributed by atoms with Gasteiger partial charge in [0.25, 0.3) is 0 Å². The number of carbonyl (C=O) groups excluding carboxylic acids is 1. The highest BCUT2D eigenvalue weighted by molar-refractivity contribution is 5.94. The average Bonchev–Trinajstić information content (AvgIpc) is 2.52. The summed E-state index contributed by atoms with van der Waals surface area (Å²) >= 11 is 0. The number of aryl methyl sites for hydroxylation is 1. The van der Waals surface area contributed by atoms with Gasteiger partial charge in [0, 0.05) is 17.9 Å². The lowest BCUT2D eigenvalue weighted by atomic mass is 9.87. The van der Waals surface area contributed by atoms with E-state index in [1.165, 1.54) is 11.1 Å². The van der Waals surface area contributed by atoms with E-state index in [1.807, 2.05) is 24.3 Å². The molecule has 2 rings (SSSR count). The van der Waals surface area contributed by atoms with Crippen molar-refractivity contribution in [3.05, 3.63) is 59.7 Å². The normalized spacial score (nSPS) is 11.2. The van der Waals surface area contributed by atoms with Gasteiger partial charge in [-0.2, -0.15) is 0 Å². The maximum atomic E-state index is 12.4. The summed E-state index contributed by atoms with van der Waals surface area (Å²) in [6.45, 7) is 11.8. The summed E-state index contributed by atoms with van der Waals surface area (Å²) in [6, 6.07) is 16.3. The Morgan fingerprint density at radius 2 is 1.75 bits per heavy atom. The van der Waals surface area contributed by atoms with Crippen LogP contribution in [0.5, 0.6) is 0 Å². The summed E-state index contributed by atoms with van der Waals surface area (Å²) < 4.78 is 0. The second-order valence-electron chi connectivity index (χ2n) is 7.23. The Morgan fingerprint density at radius 3 is 2.29 bits per heavy atom. The third-order valence-corrected chi connectivity index (χ3v) is 4.12. The Labute approximate surface area is 145 Å². The third-order valence-electron chi connectivity index (χ3n) is 4.12. The lowest BCUT2D eigenvalue weighted by molar-refractivity contribution is -0.115. The zero-order valence-electron chi connectivity index (χ0n) is 15.4. The van der Waals surface area contributed by atoms with Crippen molar-refractivity contribution in [1.29, 1.82) is 0 Å². The highest BCUT2D eigenvalue weighted by atomic mass is 16.2. The minimum atomic E-state index is 0.00173. The van der Waals surface area contributed by atoms with Gasteiger partial charge in [-0.05, 0) is 54.7 Å². The van der Waals surface area contributed by atoms with Crippen molar-refractivity contribution < 1.29 is 4.79 Å². The Bertz CT molecular complexity index is 684. The van der Waals surface area contributed by atoms with Gasteiger partial charge in [-0.15, -0.1) is 0 Å². The van der Waals surface area contributed by atoms with Gasteiger partial charge in [-0.1, -0.05) is 45.0 Å². The molecule has 0 spiro atoms. The van der Waals surface area contributed by atoms with Gasteiger partial charge in [-0.3, -0.25) is 4.79 Å². The molecule has 3 heteroatoms. The number of rotatable bonds is 5. The number of benzene rings is 2. The molecule has 0 unspecified atom stereocenters. The number of nitrogens with one attached hydrogen (secondary N) is 1. The predicted octanol–water partition coefficient (Wildman–Crippen LogP) is 4.76. The zero-order valence-corrected chi connectivity index (χ0v) is 15.4. The molecule has 24 heavy (non-hydrogen) atoms. The highest BCUT2D eigenvalue weighted by Crippen LogP contribution is 2.23. The van der Waals surface area contributed by atoms with Crippen molar-refractivity contribution in [1.82, 2.24) is 0 Å². The van der Waals surface area contributed by atoms with E-state index in [-0.39, 0.29) is 11.3 Å². The first-order chi connectivity index (χ1) is 11.3. The predicted molar refractivity (Wildman–Crippen MR) is 103 cm³/mol. The SMILES string of the molecule is CCN(CC(=O)Nc1ccc(C(C)(C)C)cc1)c1cccc(C)c1. The van der Waals surface area contributed by atoms with Crippen LogP contribution in [0.2, 0.25) is 0 Å². The number of nitrogens with zero attached hydrogens (tertiary/aromatic N) is 1. The second-order valence-corrected chi connectivity index (χ2v) is 7.23. The minimum Gasteiger partial charge on any atom is -0.362 e. The molecule has 0 aliphatic carbocycles. The van der Waals surface area contributed by atoms with E-state index in [9.17, 15) is 4.79 Å². The third kappa shape index (κ3) is 4.85. The van der Waals surface area contributed by atoms with Crippen molar-refractivity contribution in [2.75, 3.05) is 23.3 Å².